The molecule has 174 valence electrons. The quantitative estimate of drug-likeness (QED) is 0.286. The molecule has 1 aromatic carbocycles. The molecule has 1 aliphatic rings. The molecule has 1 fully saturated rings. The third-order valence-electron chi connectivity index (χ3n) is 6.58. The monoisotopic (exact) mass is 464 g/mol. The molecular weight excluding hydrogens is 440 g/mol. The Labute approximate surface area is 202 Å². The summed E-state index contributed by atoms with van der Waals surface area (Å²) < 4.78 is 3.91. The Morgan fingerprint density at radius 2 is 2.17 bits per heavy atom. The highest BCUT2D eigenvalue weighted by molar-refractivity contribution is 5.93. The van der Waals surface area contributed by atoms with E-state index in [1.807, 2.05) is 47.5 Å². The molecule has 0 unspecified atom stereocenters. The third kappa shape index (κ3) is 3.77. The van der Waals surface area contributed by atoms with Crippen LogP contribution in [-0.4, -0.2) is 54.3 Å². The second-order valence-electron chi connectivity index (χ2n) is 8.63. The lowest BCUT2D eigenvalue weighted by Gasteiger charge is -2.18. The van der Waals surface area contributed by atoms with Crippen molar-refractivity contribution in [3.63, 3.8) is 0 Å². The molecule has 2 N–H and O–H groups in total. The van der Waals surface area contributed by atoms with E-state index in [1.165, 1.54) is 6.08 Å². The smallest absolute Gasteiger partial charge is 0.246 e. The first-order valence-corrected chi connectivity index (χ1v) is 11.2. The number of nitrogens with zero attached hydrogens (tertiary/aromatic N) is 7. The highest BCUT2D eigenvalue weighted by atomic mass is 16.2. The van der Waals surface area contributed by atoms with Gasteiger partial charge in [0.05, 0.1) is 28.0 Å². The van der Waals surface area contributed by atoms with Crippen molar-refractivity contribution >= 4 is 33.7 Å². The summed E-state index contributed by atoms with van der Waals surface area (Å²) in [6.45, 7) is 13.5. The molecule has 0 bridgehead atoms. The van der Waals surface area contributed by atoms with Crippen LogP contribution in [0.15, 0.2) is 43.1 Å². The van der Waals surface area contributed by atoms with E-state index in [9.17, 15) is 4.79 Å². The zero-order valence-corrected chi connectivity index (χ0v) is 19.6. The lowest BCUT2D eigenvalue weighted by molar-refractivity contribution is -0.126. The van der Waals surface area contributed by atoms with Crippen LogP contribution >= 0.6 is 0 Å². The third-order valence-corrected chi connectivity index (χ3v) is 6.58. The number of fused-ring (bicyclic) bond motifs is 2. The maximum Gasteiger partial charge on any atom is 0.246 e. The van der Waals surface area contributed by atoms with E-state index in [0.717, 1.165) is 27.9 Å². The maximum atomic E-state index is 12.4. The number of aromatic nitrogens is 5. The average molecular weight is 465 g/mol. The number of likely N-dealkylation sites (tertiary alicyclic amines) is 1. The molecule has 4 aromatic rings. The predicted molar refractivity (Wildman–Crippen MR) is 134 cm³/mol. The van der Waals surface area contributed by atoms with Crippen LogP contribution < -0.4 is 5.73 Å². The van der Waals surface area contributed by atoms with E-state index < -0.39 is 0 Å². The highest BCUT2D eigenvalue weighted by Crippen LogP contribution is 2.32. The summed E-state index contributed by atoms with van der Waals surface area (Å²) in [7, 11) is 1.99. The summed E-state index contributed by atoms with van der Waals surface area (Å²) in [5, 5.41) is 5.49. The topological polar surface area (TPSA) is 99.2 Å². The van der Waals surface area contributed by atoms with Crippen molar-refractivity contribution in [3.05, 3.63) is 71.6 Å². The number of hydrogen-bond acceptors (Lipinski definition) is 5. The minimum absolute atomic E-state index is 0.113. The van der Waals surface area contributed by atoms with Gasteiger partial charge in [0.15, 0.2) is 0 Å². The molecule has 0 saturated carbocycles. The van der Waals surface area contributed by atoms with E-state index >= 15 is 0 Å². The van der Waals surface area contributed by atoms with Gasteiger partial charge in [-0.25, -0.2) is 16.5 Å². The van der Waals surface area contributed by atoms with Gasteiger partial charge in [0.2, 0.25) is 12.5 Å². The lowest BCUT2D eigenvalue weighted by Crippen LogP contribution is -2.36. The van der Waals surface area contributed by atoms with Gasteiger partial charge in [0, 0.05) is 25.4 Å². The normalized spacial score (nSPS) is 17.3. The molecule has 0 aliphatic carbocycles. The van der Waals surface area contributed by atoms with Crippen LogP contribution in [0.2, 0.25) is 0 Å². The van der Waals surface area contributed by atoms with E-state index in [1.54, 1.807) is 11.1 Å². The Morgan fingerprint density at radius 1 is 1.34 bits per heavy atom. The number of imidazole rings is 1. The van der Waals surface area contributed by atoms with Crippen LogP contribution in [0.3, 0.4) is 0 Å². The largest absolute Gasteiger partial charge is 0.383 e. The molecule has 0 spiro atoms. The molecule has 1 aliphatic heterocycles. The first kappa shape index (κ1) is 22.2. The fraction of sp³-hybridized carbons (Fsp3) is 0.269. The maximum absolute atomic E-state index is 12.4. The molecule has 0 radical (unpaired) electrons. The van der Waals surface area contributed by atoms with Crippen LogP contribution in [0.1, 0.15) is 29.5 Å². The Kier molecular flexibility index (Phi) is 5.46. The minimum atomic E-state index is -0.190. The highest BCUT2D eigenvalue weighted by Gasteiger charge is 2.38. The van der Waals surface area contributed by atoms with E-state index in [-0.39, 0.29) is 24.5 Å². The van der Waals surface area contributed by atoms with E-state index in [4.69, 9.17) is 17.4 Å². The first-order chi connectivity index (χ1) is 16.9. The molecule has 2 atom stereocenters. The van der Waals surface area contributed by atoms with Crippen molar-refractivity contribution in [3.8, 4) is 11.8 Å². The Morgan fingerprint density at radius 3 is 2.94 bits per heavy atom. The van der Waals surface area contributed by atoms with Gasteiger partial charge in [-0.1, -0.05) is 12.5 Å². The van der Waals surface area contributed by atoms with Crippen LogP contribution in [0.5, 0.6) is 0 Å². The standard InChI is InChI=1S/C26H24N8O/c1-5-24(35)33-15-19(13-18(33)14-28-3)34-23-10-11-29-26(27)25(23)20(31-34)8-6-17-7-9-22-21(12-17)30-16(2)32(22)4/h5,7,9-12,18-19H,1,13-15H2,2,4H3,(H2,27,29)/t18-,19+/m1/s1. The first-order valence-electron chi connectivity index (χ1n) is 11.2. The van der Waals surface area contributed by atoms with Crippen molar-refractivity contribution < 1.29 is 4.79 Å². The molecule has 1 saturated heterocycles. The zero-order valence-electron chi connectivity index (χ0n) is 19.6. The molecule has 1 amide bonds. The summed E-state index contributed by atoms with van der Waals surface area (Å²) in [5.41, 5.74) is 10.3. The summed E-state index contributed by atoms with van der Waals surface area (Å²) >= 11 is 0. The van der Waals surface area contributed by atoms with Gasteiger partial charge >= 0.3 is 0 Å². The van der Waals surface area contributed by atoms with Crippen molar-refractivity contribution in [2.45, 2.75) is 25.4 Å². The summed E-state index contributed by atoms with van der Waals surface area (Å²) in [4.78, 5) is 26.4. The summed E-state index contributed by atoms with van der Waals surface area (Å²) in [6.07, 6.45) is 3.55. The number of aryl methyl sites for hydroxylation is 2. The van der Waals surface area contributed by atoms with E-state index in [2.05, 4.69) is 33.2 Å². The number of pyridine rings is 1. The predicted octanol–water partition coefficient (Wildman–Crippen LogP) is 2.86. The van der Waals surface area contributed by atoms with Crippen molar-refractivity contribution in [2.24, 2.45) is 7.05 Å². The van der Waals surface area contributed by atoms with Crippen molar-refractivity contribution in [2.75, 3.05) is 18.8 Å². The van der Waals surface area contributed by atoms with Crippen LogP contribution in [-0.2, 0) is 11.8 Å². The van der Waals surface area contributed by atoms with Gasteiger partial charge in [-0.3, -0.25) is 9.48 Å². The fourth-order valence-electron chi connectivity index (χ4n) is 4.74. The minimum Gasteiger partial charge on any atom is -0.383 e. The Bertz CT molecular complexity index is 1590. The number of carbonyl (C=O) groups is 1. The number of nitrogens with two attached hydrogens (primary N) is 1. The molecule has 35 heavy (non-hydrogen) atoms. The van der Waals surface area contributed by atoms with Gasteiger partial charge in [0.25, 0.3) is 0 Å². The molecular formula is C26H24N8O. The van der Waals surface area contributed by atoms with Crippen molar-refractivity contribution in [1.29, 1.82) is 0 Å². The number of nitrogen functional groups attached to an aromatic ring is 1. The lowest BCUT2D eigenvalue weighted by atomic mass is 10.1. The Hall–Kier alpha value is -4.63. The fourth-order valence-corrected chi connectivity index (χ4v) is 4.74. The van der Waals surface area contributed by atoms with E-state index in [0.29, 0.717) is 29.9 Å². The molecule has 4 heterocycles. The molecule has 9 nitrogen and oxygen atoms in total. The molecule has 9 heteroatoms. The SMILES string of the molecule is [C-]#[N+]C[C@H]1C[C@H](n2nc(C#Cc3ccc4c(c3)nc(C)n4C)c3c(N)nccc32)CN1C(=O)C=C. The number of carbonyl (C=O) groups excluding carboxylic acids is 1. The second kappa shape index (κ2) is 8.62. The van der Waals surface area contributed by atoms with Crippen LogP contribution in [0, 0.1) is 25.3 Å². The number of rotatable bonds is 3. The molecule has 5 rings (SSSR count). The molecule has 3 aromatic heterocycles. The number of amides is 1. The van der Waals surface area contributed by atoms with Gasteiger partial charge in [-0.05, 0) is 49.6 Å². The summed E-state index contributed by atoms with van der Waals surface area (Å²) in [6, 6.07) is 7.48. The number of anilines is 1. The summed E-state index contributed by atoms with van der Waals surface area (Å²) in [5.74, 6) is 7.47. The van der Waals surface area contributed by atoms with Gasteiger partial charge in [-0.15, -0.1) is 0 Å². The average Bonchev–Trinajstić information content (AvgIpc) is 3.52. The number of hydrogen-bond donors (Lipinski definition) is 1. The van der Waals surface area contributed by atoms with Crippen LogP contribution in [0.25, 0.3) is 26.8 Å². The van der Waals surface area contributed by atoms with Gasteiger partial charge in [0.1, 0.15) is 23.4 Å². The second-order valence-corrected chi connectivity index (χ2v) is 8.63. The van der Waals surface area contributed by atoms with Crippen molar-refractivity contribution in [1.82, 2.24) is 29.2 Å². The van der Waals surface area contributed by atoms with Gasteiger partial charge < -0.3 is 20.0 Å². The number of benzene rings is 1. The Balaban J connectivity index is 1.55. The van der Waals surface area contributed by atoms with Crippen LogP contribution in [0.4, 0.5) is 5.82 Å². The van der Waals surface area contributed by atoms with Gasteiger partial charge in [-0.2, -0.15) is 5.10 Å². The zero-order chi connectivity index (χ0) is 24.7.